The summed E-state index contributed by atoms with van der Waals surface area (Å²) in [4.78, 5) is 0. The lowest BCUT2D eigenvalue weighted by molar-refractivity contribution is 0.198. The number of aliphatic hydroxyl groups excluding tert-OH is 1. The van der Waals surface area contributed by atoms with E-state index >= 15 is 0 Å². The number of hydrogen-bond donors (Lipinski definition) is 1. The SMILES string of the molecule is Cc1cc(OCc2c(C(C)C)cnn2-c2c(Cl)cccc2Cl)ccc1C(C)O. The van der Waals surface area contributed by atoms with Crippen LogP contribution in [0, 0.1) is 6.92 Å². The first-order valence-corrected chi connectivity index (χ1v) is 9.97. The topological polar surface area (TPSA) is 47.3 Å². The monoisotopic (exact) mass is 418 g/mol. The first-order valence-electron chi connectivity index (χ1n) is 9.22. The van der Waals surface area contributed by atoms with E-state index in [4.69, 9.17) is 27.9 Å². The first-order chi connectivity index (χ1) is 13.3. The molecule has 0 fully saturated rings. The number of nitrogens with zero attached hydrogens (tertiary/aromatic N) is 2. The summed E-state index contributed by atoms with van der Waals surface area (Å²) in [6.45, 7) is 8.26. The summed E-state index contributed by atoms with van der Waals surface area (Å²) in [5, 5.41) is 15.4. The molecule has 1 aromatic heterocycles. The molecule has 1 atom stereocenters. The van der Waals surface area contributed by atoms with E-state index < -0.39 is 6.10 Å². The van der Waals surface area contributed by atoms with Gasteiger partial charge in [-0.05, 0) is 60.7 Å². The van der Waals surface area contributed by atoms with Gasteiger partial charge in [-0.3, -0.25) is 0 Å². The number of aromatic nitrogens is 2. The highest BCUT2D eigenvalue weighted by Gasteiger charge is 2.19. The quantitative estimate of drug-likeness (QED) is 0.514. The van der Waals surface area contributed by atoms with E-state index in [9.17, 15) is 5.11 Å². The molecule has 1 heterocycles. The molecule has 0 spiro atoms. The van der Waals surface area contributed by atoms with Gasteiger partial charge in [0.15, 0.2) is 0 Å². The van der Waals surface area contributed by atoms with E-state index in [1.54, 1.807) is 23.7 Å². The second kappa shape index (κ2) is 8.56. The number of benzene rings is 2. The van der Waals surface area contributed by atoms with Gasteiger partial charge in [0.1, 0.15) is 18.0 Å². The van der Waals surface area contributed by atoms with Crippen LogP contribution in [-0.4, -0.2) is 14.9 Å². The number of para-hydroxylation sites is 1. The number of halogens is 2. The van der Waals surface area contributed by atoms with Crippen molar-refractivity contribution in [3.8, 4) is 11.4 Å². The summed E-state index contributed by atoms with van der Waals surface area (Å²) in [7, 11) is 0. The molecule has 6 heteroatoms. The molecule has 0 aliphatic heterocycles. The lowest BCUT2D eigenvalue weighted by atomic mass is 10.0. The molecule has 0 bridgehead atoms. The summed E-state index contributed by atoms with van der Waals surface area (Å²) in [6, 6.07) is 11.1. The predicted molar refractivity (Wildman–Crippen MR) is 114 cm³/mol. The molecule has 0 radical (unpaired) electrons. The smallest absolute Gasteiger partial charge is 0.131 e. The van der Waals surface area contributed by atoms with E-state index in [2.05, 4.69) is 18.9 Å². The van der Waals surface area contributed by atoms with Crippen molar-refractivity contribution in [3.63, 3.8) is 0 Å². The Labute approximate surface area is 175 Å². The molecule has 3 rings (SSSR count). The van der Waals surface area contributed by atoms with Crippen molar-refractivity contribution in [1.82, 2.24) is 9.78 Å². The summed E-state index contributed by atoms with van der Waals surface area (Å²) in [5.41, 5.74) is 4.51. The van der Waals surface area contributed by atoms with Gasteiger partial charge < -0.3 is 9.84 Å². The number of rotatable bonds is 6. The fourth-order valence-electron chi connectivity index (χ4n) is 3.26. The molecule has 0 amide bonds. The van der Waals surface area contributed by atoms with Gasteiger partial charge in [0, 0.05) is 0 Å². The van der Waals surface area contributed by atoms with Crippen molar-refractivity contribution in [2.24, 2.45) is 0 Å². The molecule has 0 aliphatic carbocycles. The maximum atomic E-state index is 9.81. The minimum absolute atomic E-state index is 0.271. The second-order valence-corrected chi connectivity index (χ2v) is 7.98. The molecule has 28 heavy (non-hydrogen) atoms. The number of aliphatic hydroxyl groups is 1. The molecule has 0 saturated carbocycles. The van der Waals surface area contributed by atoms with Gasteiger partial charge in [0.2, 0.25) is 0 Å². The van der Waals surface area contributed by atoms with E-state index in [1.165, 1.54) is 0 Å². The molecule has 148 valence electrons. The normalized spacial score (nSPS) is 12.4. The number of ether oxygens (including phenoxy) is 1. The number of aryl methyl sites for hydroxylation is 1. The molecule has 2 aromatic carbocycles. The maximum absolute atomic E-state index is 9.81. The lowest BCUT2D eigenvalue weighted by Gasteiger charge is -2.16. The summed E-state index contributed by atoms with van der Waals surface area (Å²) in [5.74, 6) is 1.00. The van der Waals surface area contributed by atoms with Crippen LogP contribution in [0.1, 0.15) is 55.2 Å². The van der Waals surface area contributed by atoms with E-state index in [1.807, 2.05) is 37.4 Å². The average molecular weight is 419 g/mol. The van der Waals surface area contributed by atoms with Gasteiger partial charge in [-0.2, -0.15) is 5.10 Å². The molecule has 0 aliphatic rings. The summed E-state index contributed by atoms with van der Waals surface area (Å²) in [6.07, 6.45) is 1.33. The van der Waals surface area contributed by atoms with Crippen LogP contribution in [0.2, 0.25) is 10.0 Å². The third-order valence-electron chi connectivity index (χ3n) is 4.74. The lowest BCUT2D eigenvalue weighted by Crippen LogP contribution is -2.09. The summed E-state index contributed by atoms with van der Waals surface area (Å²) >= 11 is 12.8. The molecule has 3 aromatic rings. The fourth-order valence-corrected chi connectivity index (χ4v) is 3.81. The van der Waals surface area contributed by atoms with Crippen molar-refractivity contribution in [2.45, 2.75) is 46.3 Å². The third kappa shape index (κ3) is 4.19. The standard InChI is InChI=1S/C22H24Cl2N2O2/c1-13(2)18-11-25-26(22-19(23)6-5-7-20(22)24)21(18)12-28-16-8-9-17(15(4)27)14(3)10-16/h5-11,13,15,27H,12H2,1-4H3. The fraction of sp³-hybridized carbons (Fsp3) is 0.318. The highest BCUT2D eigenvalue weighted by molar-refractivity contribution is 6.37. The minimum atomic E-state index is -0.509. The average Bonchev–Trinajstić information content (AvgIpc) is 3.03. The minimum Gasteiger partial charge on any atom is -0.487 e. The Balaban J connectivity index is 1.95. The Hall–Kier alpha value is -2.01. The molecular weight excluding hydrogens is 395 g/mol. The van der Waals surface area contributed by atoms with Crippen LogP contribution < -0.4 is 4.74 Å². The third-order valence-corrected chi connectivity index (χ3v) is 5.35. The molecule has 1 unspecified atom stereocenters. The van der Waals surface area contributed by atoms with E-state index in [0.29, 0.717) is 22.3 Å². The predicted octanol–water partition coefficient (Wildman–Crippen LogP) is 6.24. The molecule has 4 nitrogen and oxygen atoms in total. The van der Waals surface area contributed by atoms with Gasteiger partial charge in [-0.25, -0.2) is 4.68 Å². The van der Waals surface area contributed by atoms with Crippen molar-refractivity contribution >= 4 is 23.2 Å². The van der Waals surface area contributed by atoms with E-state index in [-0.39, 0.29) is 5.92 Å². The largest absolute Gasteiger partial charge is 0.487 e. The summed E-state index contributed by atoms with van der Waals surface area (Å²) < 4.78 is 7.83. The van der Waals surface area contributed by atoms with Gasteiger partial charge in [-0.15, -0.1) is 0 Å². The van der Waals surface area contributed by atoms with Gasteiger partial charge >= 0.3 is 0 Å². The Morgan fingerprint density at radius 1 is 1.07 bits per heavy atom. The van der Waals surface area contributed by atoms with Crippen molar-refractivity contribution in [1.29, 1.82) is 0 Å². The van der Waals surface area contributed by atoms with Crippen LogP contribution >= 0.6 is 23.2 Å². The zero-order valence-corrected chi connectivity index (χ0v) is 17.9. The van der Waals surface area contributed by atoms with Crippen molar-refractivity contribution in [3.05, 3.63) is 75.0 Å². The van der Waals surface area contributed by atoms with Gasteiger partial charge in [0.25, 0.3) is 0 Å². The Kier molecular flexibility index (Phi) is 6.33. The van der Waals surface area contributed by atoms with Gasteiger partial charge in [0.05, 0.1) is 28.0 Å². The highest BCUT2D eigenvalue weighted by atomic mass is 35.5. The van der Waals surface area contributed by atoms with Gasteiger partial charge in [-0.1, -0.05) is 49.2 Å². The zero-order chi connectivity index (χ0) is 20.4. The zero-order valence-electron chi connectivity index (χ0n) is 16.4. The van der Waals surface area contributed by atoms with Crippen molar-refractivity contribution in [2.75, 3.05) is 0 Å². The highest BCUT2D eigenvalue weighted by Crippen LogP contribution is 2.32. The van der Waals surface area contributed by atoms with Crippen LogP contribution in [0.15, 0.2) is 42.6 Å². The second-order valence-electron chi connectivity index (χ2n) is 7.17. The Bertz CT molecular complexity index is 960. The van der Waals surface area contributed by atoms with E-state index in [0.717, 1.165) is 28.1 Å². The Morgan fingerprint density at radius 2 is 1.75 bits per heavy atom. The number of hydrogen-bond acceptors (Lipinski definition) is 3. The maximum Gasteiger partial charge on any atom is 0.131 e. The first kappa shape index (κ1) is 20.7. The van der Waals surface area contributed by atoms with Crippen LogP contribution in [0.3, 0.4) is 0 Å². The molecule has 1 N–H and O–H groups in total. The van der Waals surface area contributed by atoms with Crippen molar-refractivity contribution < 1.29 is 9.84 Å². The molecular formula is C22H24Cl2N2O2. The van der Waals surface area contributed by atoms with Crippen LogP contribution in [0.25, 0.3) is 5.69 Å². The Morgan fingerprint density at radius 3 is 2.32 bits per heavy atom. The van der Waals surface area contributed by atoms with Crippen LogP contribution in [0.5, 0.6) is 5.75 Å². The van der Waals surface area contributed by atoms with Crippen LogP contribution in [-0.2, 0) is 6.61 Å². The molecule has 0 saturated heterocycles. The van der Waals surface area contributed by atoms with Crippen LogP contribution in [0.4, 0.5) is 0 Å².